The number of carbonyl (C=O) groups is 2. The quantitative estimate of drug-likeness (QED) is 0.709. The molecule has 2 aromatic carbocycles. The Morgan fingerprint density at radius 2 is 1.69 bits per heavy atom. The molecule has 0 saturated heterocycles. The van der Waals surface area contributed by atoms with Crippen molar-refractivity contribution in [2.45, 2.75) is 34.1 Å². The maximum atomic E-state index is 12.3. The van der Waals surface area contributed by atoms with Gasteiger partial charge in [0.15, 0.2) is 0 Å². The lowest BCUT2D eigenvalue weighted by Crippen LogP contribution is -2.25. The number of rotatable bonds is 7. The first kappa shape index (κ1) is 19.5. The van der Waals surface area contributed by atoms with Gasteiger partial charge >= 0.3 is 0 Å². The molecule has 0 aliphatic rings. The van der Waals surface area contributed by atoms with Gasteiger partial charge in [0, 0.05) is 23.5 Å². The lowest BCUT2D eigenvalue weighted by Gasteiger charge is -2.14. The summed E-state index contributed by atoms with van der Waals surface area (Å²) in [6, 6.07) is 11.3. The van der Waals surface area contributed by atoms with Crippen LogP contribution in [0.2, 0.25) is 0 Å². The molecule has 2 amide bonds. The largest absolute Gasteiger partial charge is 0.376 e. The van der Waals surface area contributed by atoms with Crippen LogP contribution in [0.4, 0.5) is 11.4 Å². The van der Waals surface area contributed by atoms with Crippen molar-refractivity contribution >= 4 is 23.2 Å². The van der Waals surface area contributed by atoms with Crippen molar-refractivity contribution in [3.05, 3.63) is 58.7 Å². The molecule has 2 aromatic rings. The summed E-state index contributed by atoms with van der Waals surface area (Å²) in [4.78, 5) is 24.3. The van der Waals surface area contributed by atoms with Gasteiger partial charge in [-0.15, -0.1) is 0 Å². The molecule has 5 nitrogen and oxygen atoms in total. The van der Waals surface area contributed by atoms with Gasteiger partial charge in [-0.2, -0.15) is 0 Å². The molecule has 0 saturated carbocycles. The van der Waals surface area contributed by atoms with Gasteiger partial charge in [0.1, 0.15) is 0 Å². The normalized spacial score (nSPS) is 10.3. The standard InChI is InChI=1S/C21H27N3O2/c1-5-9-22-21(26)17-7-6-8-18(12-17)23-13-19(25)24-20-15(3)10-14(2)11-16(20)4/h6-8,10-12,23H,5,9,13H2,1-4H3,(H,22,26)(H,24,25). The minimum atomic E-state index is -0.124. The van der Waals surface area contributed by atoms with Crippen molar-refractivity contribution in [1.82, 2.24) is 5.32 Å². The molecule has 2 rings (SSSR count). The zero-order chi connectivity index (χ0) is 19.1. The highest BCUT2D eigenvalue weighted by atomic mass is 16.2. The Morgan fingerprint density at radius 3 is 2.35 bits per heavy atom. The van der Waals surface area contributed by atoms with Gasteiger partial charge in [-0.3, -0.25) is 9.59 Å². The third-order valence-corrected chi connectivity index (χ3v) is 4.05. The van der Waals surface area contributed by atoms with E-state index in [1.165, 1.54) is 5.56 Å². The fourth-order valence-electron chi connectivity index (χ4n) is 2.85. The van der Waals surface area contributed by atoms with Gasteiger partial charge in [0.05, 0.1) is 6.54 Å². The van der Waals surface area contributed by atoms with Gasteiger partial charge in [0.25, 0.3) is 5.91 Å². The maximum Gasteiger partial charge on any atom is 0.251 e. The second-order valence-electron chi connectivity index (χ2n) is 6.51. The zero-order valence-corrected chi connectivity index (χ0v) is 15.9. The summed E-state index contributed by atoms with van der Waals surface area (Å²) in [7, 11) is 0. The van der Waals surface area contributed by atoms with E-state index in [9.17, 15) is 9.59 Å². The topological polar surface area (TPSA) is 70.2 Å². The van der Waals surface area contributed by atoms with Crippen molar-refractivity contribution in [1.29, 1.82) is 0 Å². The summed E-state index contributed by atoms with van der Waals surface area (Å²) in [6.45, 7) is 8.80. The van der Waals surface area contributed by atoms with Crippen molar-refractivity contribution in [3.8, 4) is 0 Å². The molecule has 26 heavy (non-hydrogen) atoms. The van der Waals surface area contributed by atoms with Gasteiger partial charge in [0.2, 0.25) is 5.91 Å². The van der Waals surface area contributed by atoms with E-state index in [2.05, 4.69) is 28.1 Å². The molecule has 0 bridgehead atoms. The summed E-state index contributed by atoms with van der Waals surface area (Å²) in [5.74, 6) is -0.230. The first-order valence-corrected chi connectivity index (χ1v) is 8.90. The van der Waals surface area contributed by atoms with E-state index in [-0.39, 0.29) is 18.4 Å². The van der Waals surface area contributed by atoms with Gasteiger partial charge in [-0.05, 0) is 56.5 Å². The highest BCUT2D eigenvalue weighted by Crippen LogP contribution is 2.21. The molecule has 0 aromatic heterocycles. The lowest BCUT2D eigenvalue weighted by molar-refractivity contribution is -0.114. The van der Waals surface area contributed by atoms with Crippen LogP contribution < -0.4 is 16.0 Å². The summed E-state index contributed by atoms with van der Waals surface area (Å²) in [5, 5.41) is 8.88. The van der Waals surface area contributed by atoms with Crippen molar-refractivity contribution < 1.29 is 9.59 Å². The minimum Gasteiger partial charge on any atom is -0.376 e. The molecule has 0 heterocycles. The summed E-state index contributed by atoms with van der Waals surface area (Å²) in [5.41, 5.74) is 5.44. The Kier molecular flexibility index (Phi) is 6.78. The fraction of sp³-hybridized carbons (Fsp3) is 0.333. The SMILES string of the molecule is CCCNC(=O)c1cccc(NCC(=O)Nc2c(C)cc(C)cc2C)c1. The third kappa shape index (κ3) is 5.34. The number of anilines is 2. The first-order chi connectivity index (χ1) is 12.4. The van der Waals surface area contributed by atoms with Gasteiger partial charge in [-0.1, -0.05) is 30.7 Å². The number of benzene rings is 2. The number of carbonyl (C=O) groups excluding carboxylic acids is 2. The maximum absolute atomic E-state index is 12.3. The Hall–Kier alpha value is -2.82. The predicted octanol–water partition coefficient (Wildman–Crippen LogP) is 3.80. The molecule has 0 unspecified atom stereocenters. The van der Waals surface area contributed by atoms with E-state index in [1.807, 2.05) is 33.8 Å². The average molecular weight is 353 g/mol. The van der Waals surface area contributed by atoms with Crippen LogP contribution in [0.5, 0.6) is 0 Å². The van der Waals surface area contributed by atoms with Crippen molar-refractivity contribution in [2.75, 3.05) is 23.7 Å². The molecule has 138 valence electrons. The number of hydrogen-bond donors (Lipinski definition) is 3. The highest BCUT2D eigenvalue weighted by molar-refractivity contribution is 5.96. The van der Waals surface area contributed by atoms with E-state index in [1.54, 1.807) is 18.2 Å². The second-order valence-corrected chi connectivity index (χ2v) is 6.51. The molecular formula is C21H27N3O2. The molecule has 0 fully saturated rings. The zero-order valence-electron chi connectivity index (χ0n) is 15.9. The van der Waals surface area contributed by atoms with Crippen molar-refractivity contribution in [3.63, 3.8) is 0 Å². The fourth-order valence-corrected chi connectivity index (χ4v) is 2.85. The smallest absolute Gasteiger partial charge is 0.251 e. The second kappa shape index (κ2) is 9.04. The Morgan fingerprint density at radius 1 is 1.00 bits per heavy atom. The summed E-state index contributed by atoms with van der Waals surface area (Å²) < 4.78 is 0. The van der Waals surface area contributed by atoms with Crippen LogP contribution in [-0.2, 0) is 4.79 Å². The molecule has 0 aliphatic carbocycles. The van der Waals surface area contributed by atoms with Gasteiger partial charge in [-0.25, -0.2) is 0 Å². The average Bonchev–Trinajstić information content (AvgIpc) is 2.61. The van der Waals surface area contributed by atoms with Crippen LogP contribution >= 0.6 is 0 Å². The van der Waals surface area contributed by atoms with E-state index in [0.29, 0.717) is 12.1 Å². The molecule has 0 radical (unpaired) electrons. The van der Waals surface area contributed by atoms with Crippen molar-refractivity contribution in [2.24, 2.45) is 0 Å². The van der Waals surface area contributed by atoms with E-state index in [4.69, 9.17) is 0 Å². The number of amides is 2. The lowest BCUT2D eigenvalue weighted by atomic mass is 10.1. The minimum absolute atomic E-state index is 0.106. The predicted molar refractivity (Wildman–Crippen MR) is 107 cm³/mol. The van der Waals surface area contributed by atoms with Crippen LogP contribution in [-0.4, -0.2) is 24.9 Å². The third-order valence-electron chi connectivity index (χ3n) is 4.05. The van der Waals surface area contributed by atoms with E-state index < -0.39 is 0 Å². The van der Waals surface area contributed by atoms with Crippen LogP contribution in [0, 0.1) is 20.8 Å². The van der Waals surface area contributed by atoms with Crippen LogP contribution in [0.3, 0.4) is 0 Å². The Labute approximate surface area is 155 Å². The monoisotopic (exact) mass is 353 g/mol. The summed E-state index contributed by atoms with van der Waals surface area (Å²) >= 11 is 0. The molecule has 0 aliphatic heterocycles. The number of nitrogens with one attached hydrogen (secondary N) is 3. The number of hydrogen-bond acceptors (Lipinski definition) is 3. The first-order valence-electron chi connectivity index (χ1n) is 8.90. The molecule has 3 N–H and O–H groups in total. The molecule has 0 spiro atoms. The molecule has 0 atom stereocenters. The Balaban J connectivity index is 1.96. The number of aryl methyl sites for hydroxylation is 3. The van der Waals surface area contributed by atoms with Gasteiger partial charge < -0.3 is 16.0 Å². The van der Waals surface area contributed by atoms with Crippen LogP contribution in [0.25, 0.3) is 0 Å². The van der Waals surface area contributed by atoms with Crippen LogP contribution in [0.15, 0.2) is 36.4 Å². The van der Waals surface area contributed by atoms with Crippen LogP contribution in [0.1, 0.15) is 40.4 Å². The summed E-state index contributed by atoms with van der Waals surface area (Å²) in [6.07, 6.45) is 0.891. The Bertz CT molecular complexity index is 777. The van der Waals surface area contributed by atoms with E-state index >= 15 is 0 Å². The molecule has 5 heteroatoms. The highest BCUT2D eigenvalue weighted by Gasteiger charge is 2.09. The van der Waals surface area contributed by atoms with E-state index in [0.717, 1.165) is 28.9 Å². The molecular weight excluding hydrogens is 326 g/mol.